The van der Waals surface area contributed by atoms with Crippen LogP contribution in [0.15, 0.2) is 18.2 Å². The van der Waals surface area contributed by atoms with E-state index in [9.17, 15) is 14.7 Å². The highest BCUT2D eigenvalue weighted by Crippen LogP contribution is 2.39. The number of nitrogens with zero attached hydrogens (tertiary/aromatic N) is 1. The summed E-state index contributed by atoms with van der Waals surface area (Å²) >= 11 is 0. The van der Waals surface area contributed by atoms with Crippen molar-refractivity contribution >= 4 is 11.8 Å². The van der Waals surface area contributed by atoms with Gasteiger partial charge < -0.3 is 20.1 Å². The van der Waals surface area contributed by atoms with Gasteiger partial charge in [0, 0.05) is 32.4 Å². The van der Waals surface area contributed by atoms with E-state index < -0.39 is 0 Å². The summed E-state index contributed by atoms with van der Waals surface area (Å²) < 4.78 is 5.57. The first kappa shape index (κ1) is 17.3. The van der Waals surface area contributed by atoms with Gasteiger partial charge in [-0.05, 0) is 48.4 Å². The molecule has 4 rings (SSSR count). The third-order valence-electron chi connectivity index (χ3n) is 5.79. The lowest BCUT2D eigenvalue weighted by atomic mass is 9.75. The molecule has 1 atom stereocenters. The maximum atomic E-state index is 12.5. The Hall–Kier alpha value is -2.08. The Kier molecular flexibility index (Phi) is 4.85. The Morgan fingerprint density at radius 3 is 2.92 bits per heavy atom. The van der Waals surface area contributed by atoms with Crippen LogP contribution in [-0.4, -0.2) is 47.6 Å². The van der Waals surface area contributed by atoms with Gasteiger partial charge in [0.05, 0.1) is 18.8 Å². The molecule has 1 aromatic carbocycles. The van der Waals surface area contributed by atoms with E-state index in [1.165, 1.54) is 5.56 Å². The summed E-state index contributed by atoms with van der Waals surface area (Å²) in [5.74, 6) is 1.30. The van der Waals surface area contributed by atoms with Crippen LogP contribution in [0.4, 0.5) is 0 Å². The van der Waals surface area contributed by atoms with Gasteiger partial charge in [-0.15, -0.1) is 0 Å². The molecular weight excluding hydrogens is 332 g/mol. The minimum Gasteiger partial charge on any atom is -0.493 e. The second-order valence-corrected chi connectivity index (χ2v) is 7.63. The van der Waals surface area contributed by atoms with Crippen LogP contribution < -0.4 is 10.1 Å². The van der Waals surface area contributed by atoms with Gasteiger partial charge in [0.15, 0.2) is 0 Å². The van der Waals surface area contributed by atoms with Crippen LogP contribution in [0.25, 0.3) is 0 Å². The Balaban J connectivity index is 1.42. The molecule has 1 aliphatic carbocycles. The number of fused-ring (bicyclic) bond motifs is 1. The number of hydrogen-bond acceptors (Lipinski definition) is 4. The highest BCUT2D eigenvalue weighted by atomic mass is 16.5. The van der Waals surface area contributed by atoms with Crippen molar-refractivity contribution in [2.24, 2.45) is 5.92 Å². The molecule has 2 fully saturated rings. The van der Waals surface area contributed by atoms with Crippen molar-refractivity contribution in [1.82, 2.24) is 10.2 Å². The van der Waals surface area contributed by atoms with Gasteiger partial charge in [-0.2, -0.15) is 0 Å². The van der Waals surface area contributed by atoms with Crippen LogP contribution in [0.2, 0.25) is 0 Å². The van der Waals surface area contributed by atoms with Crippen molar-refractivity contribution in [3.63, 3.8) is 0 Å². The van der Waals surface area contributed by atoms with Crippen molar-refractivity contribution in [3.05, 3.63) is 29.3 Å². The molecule has 1 saturated heterocycles. The zero-order valence-corrected chi connectivity index (χ0v) is 14.9. The van der Waals surface area contributed by atoms with E-state index in [0.717, 1.165) is 30.7 Å². The molecule has 2 aliphatic heterocycles. The fraction of sp³-hybridized carbons (Fsp3) is 0.600. The number of aliphatic hydroxyl groups excluding tert-OH is 1. The second-order valence-electron chi connectivity index (χ2n) is 7.63. The van der Waals surface area contributed by atoms with Crippen LogP contribution in [0.5, 0.6) is 5.75 Å². The molecular formula is C20H26N2O4. The number of likely N-dealkylation sites (tertiary alicyclic amines) is 1. The van der Waals surface area contributed by atoms with Gasteiger partial charge in [0.1, 0.15) is 5.75 Å². The average molecular weight is 358 g/mol. The Morgan fingerprint density at radius 2 is 2.19 bits per heavy atom. The molecule has 3 aliphatic rings. The molecule has 26 heavy (non-hydrogen) atoms. The molecule has 0 aromatic heterocycles. The number of aliphatic hydroxyl groups is 1. The van der Waals surface area contributed by atoms with E-state index in [2.05, 4.69) is 11.4 Å². The molecule has 0 spiro atoms. The number of carbonyl (C=O) groups excluding carboxylic acids is 2. The summed E-state index contributed by atoms with van der Waals surface area (Å²) in [6.07, 6.45) is 3.87. The third-order valence-corrected chi connectivity index (χ3v) is 5.79. The predicted molar refractivity (Wildman–Crippen MR) is 95.7 cm³/mol. The first-order chi connectivity index (χ1) is 12.6. The minimum absolute atomic E-state index is 0.0344. The van der Waals surface area contributed by atoms with Crippen molar-refractivity contribution in [2.75, 3.05) is 19.7 Å². The number of ether oxygens (including phenoxy) is 1. The zero-order chi connectivity index (χ0) is 18.1. The van der Waals surface area contributed by atoms with Crippen molar-refractivity contribution < 1.29 is 19.4 Å². The Morgan fingerprint density at radius 1 is 1.35 bits per heavy atom. The van der Waals surface area contributed by atoms with Crippen molar-refractivity contribution in [3.8, 4) is 5.75 Å². The van der Waals surface area contributed by atoms with Crippen molar-refractivity contribution in [2.45, 2.75) is 50.7 Å². The van der Waals surface area contributed by atoms with E-state index in [1.807, 2.05) is 12.1 Å². The number of hydrogen-bond donors (Lipinski definition) is 2. The lowest BCUT2D eigenvalue weighted by Crippen LogP contribution is -2.42. The standard InChI is InChI=1S/C20H26N2O4/c23-16-11-15(12-16)20(14-3-4-17-13(10-14)6-9-26-17)21-18(24)5-8-22-7-1-2-19(22)25/h3-4,10,15-16,20,23H,1-2,5-9,11-12H2,(H,21,24). The van der Waals surface area contributed by atoms with E-state index >= 15 is 0 Å². The first-order valence-electron chi connectivity index (χ1n) is 9.61. The minimum atomic E-state index is -0.264. The Bertz CT molecular complexity index is 699. The molecule has 1 aromatic rings. The number of rotatable bonds is 6. The number of nitrogens with one attached hydrogen (secondary N) is 1. The van der Waals surface area contributed by atoms with E-state index in [-0.39, 0.29) is 29.9 Å². The summed E-state index contributed by atoms with van der Waals surface area (Å²) in [4.78, 5) is 26.0. The predicted octanol–water partition coefficient (Wildman–Crippen LogP) is 1.56. The molecule has 0 radical (unpaired) electrons. The molecule has 2 amide bonds. The van der Waals surface area contributed by atoms with Crippen LogP contribution >= 0.6 is 0 Å². The highest BCUT2D eigenvalue weighted by molar-refractivity contribution is 5.80. The molecule has 6 nitrogen and oxygen atoms in total. The van der Waals surface area contributed by atoms with Crippen LogP contribution in [0, 0.1) is 5.92 Å². The average Bonchev–Trinajstić information content (AvgIpc) is 3.23. The van der Waals surface area contributed by atoms with Gasteiger partial charge in [-0.1, -0.05) is 6.07 Å². The summed E-state index contributed by atoms with van der Waals surface area (Å²) in [5.41, 5.74) is 2.26. The van der Waals surface area contributed by atoms with E-state index in [4.69, 9.17) is 4.74 Å². The second kappa shape index (κ2) is 7.27. The van der Waals surface area contributed by atoms with E-state index in [1.54, 1.807) is 4.90 Å². The van der Waals surface area contributed by atoms with Crippen LogP contribution in [0.1, 0.15) is 49.3 Å². The summed E-state index contributed by atoms with van der Waals surface area (Å²) in [7, 11) is 0. The summed E-state index contributed by atoms with van der Waals surface area (Å²) in [6.45, 7) is 1.96. The molecule has 1 saturated carbocycles. The van der Waals surface area contributed by atoms with Crippen LogP contribution in [-0.2, 0) is 16.0 Å². The monoisotopic (exact) mass is 358 g/mol. The van der Waals surface area contributed by atoms with Gasteiger partial charge in [-0.25, -0.2) is 0 Å². The SMILES string of the molecule is O=C(CCN1CCCC1=O)NC(c1ccc2c(c1)CCO2)C1CC(O)C1. The Labute approximate surface area is 153 Å². The third kappa shape index (κ3) is 3.56. The molecule has 0 bridgehead atoms. The summed E-state index contributed by atoms with van der Waals surface area (Å²) in [5, 5.41) is 12.9. The smallest absolute Gasteiger partial charge is 0.222 e. The molecule has 140 valence electrons. The lowest BCUT2D eigenvalue weighted by Gasteiger charge is -2.38. The maximum absolute atomic E-state index is 12.5. The fourth-order valence-corrected chi connectivity index (χ4v) is 4.20. The first-order valence-corrected chi connectivity index (χ1v) is 9.61. The molecule has 2 heterocycles. The normalized spacial score (nSPS) is 25.4. The number of carbonyl (C=O) groups is 2. The summed E-state index contributed by atoms with van der Waals surface area (Å²) in [6, 6.07) is 6.03. The number of amides is 2. The molecule has 1 unspecified atom stereocenters. The zero-order valence-electron chi connectivity index (χ0n) is 14.9. The topological polar surface area (TPSA) is 78.9 Å². The molecule has 6 heteroatoms. The largest absolute Gasteiger partial charge is 0.493 e. The van der Waals surface area contributed by atoms with Gasteiger partial charge >= 0.3 is 0 Å². The lowest BCUT2D eigenvalue weighted by molar-refractivity contribution is -0.128. The number of benzene rings is 1. The maximum Gasteiger partial charge on any atom is 0.222 e. The van der Waals surface area contributed by atoms with Gasteiger partial charge in [0.2, 0.25) is 11.8 Å². The fourth-order valence-electron chi connectivity index (χ4n) is 4.20. The van der Waals surface area contributed by atoms with Gasteiger partial charge in [0.25, 0.3) is 0 Å². The van der Waals surface area contributed by atoms with Gasteiger partial charge in [-0.3, -0.25) is 9.59 Å². The van der Waals surface area contributed by atoms with E-state index in [0.29, 0.717) is 38.8 Å². The highest BCUT2D eigenvalue weighted by Gasteiger charge is 2.36. The molecule has 2 N–H and O–H groups in total. The van der Waals surface area contributed by atoms with Crippen LogP contribution in [0.3, 0.4) is 0 Å². The van der Waals surface area contributed by atoms with Crippen molar-refractivity contribution in [1.29, 1.82) is 0 Å². The quantitative estimate of drug-likeness (QED) is 0.809.